The maximum absolute atomic E-state index is 12.7. The Hall–Kier alpha value is -2.13. The van der Waals surface area contributed by atoms with E-state index in [1.807, 2.05) is 0 Å². The van der Waals surface area contributed by atoms with Crippen molar-refractivity contribution in [3.05, 3.63) is 17.3 Å². The van der Waals surface area contributed by atoms with Crippen LogP contribution in [0.15, 0.2) is 6.20 Å². The Morgan fingerprint density at radius 1 is 1.42 bits per heavy atom. The van der Waals surface area contributed by atoms with E-state index >= 15 is 0 Å². The summed E-state index contributed by atoms with van der Waals surface area (Å²) in [5.41, 5.74) is -2.52. The molecule has 1 aromatic heterocycles. The van der Waals surface area contributed by atoms with Gasteiger partial charge in [0.2, 0.25) is 5.88 Å². The van der Waals surface area contributed by atoms with E-state index in [1.165, 1.54) is 0 Å². The molecule has 0 unspecified atom stereocenters. The minimum Gasteiger partial charge on any atom is -0.481 e. The third-order valence-electron chi connectivity index (χ3n) is 1.89. The Bertz CT molecular complexity index is 488. The number of aromatic nitrogens is 1. The van der Waals surface area contributed by atoms with Crippen molar-refractivity contribution >= 4 is 5.97 Å². The third kappa shape index (κ3) is 3.42. The molecule has 1 aromatic rings. The van der Waals surface area contributed by atoms with E-state index in [0.717, 1.165) is 7.11 Å². The molecule has 1 heterocycles. The molecule has 1 N–H and O–H groups in total. The summed E-state index contributed by atoms with van der Waals surface area (Å²) >= 11 is 0. The fourth-order valence-electron chi connectivity index (χ4n) is 1.23. The minimum absolute atomic E-state index is 0.439. The normalized spacial score (nSPS) is 11.5. The summed E-state index contributed by atoms with van der Waals surface area (Å²) in [6.07, 6.45) is -8.35. The second kappa shape index (κ2) is 5.24. The highest BCUT2D eigenvalue weighted by Gasteiger charge is 2.37. The van der Waals surface area contributed by atoms with Crippen LogP contribution in [-0.2, 0) is 0 Å². The van der Waals surface area contributed by atoms with E-state index in [0.29, 0.717) is 6.20 Å². The number of methoxy groups -OCH3 is 1. The molecule has 0 aliphatic rings. The Labute approximate surface area is 102 Å². The Kier molecular flexibility index (Phi) is 4.12. The summed E-state index contributed by atoms with van der Waals surface area (Å²) in [6, 6.07) is 0. The lowest BCUT2D eigenvalue weighted by Gasteiger charge is -2.16. The van der Waals surface area contributed by atoms with E-state index in [9.17, 15) is 26.7 Å². The number of carboxylic acid groups (broad SMARTS) is 1. The highest BCUT2D eigenvalue weighted by Crippen LogP contribution is 2.40. The number of carboxylic acids is 1. The lowest BCUT2D eigenvalue weighted by molar-refractivity contribution is -0.275. The number of rotatable bonds is 4. The molecule has 0 aromatic carbocycles. The number of alkyl halides is 5. The van der Waals surface area contributed by atoms with Crippen molar-refractivity contribution in [1.82, 2.24) is 4.98 Å². The zero-order valence-corrected chi connectivity index (χ0v) is 9.16. The number of pyridine rings is 1. The van der Waals surface area contributed by atoms with Crippen LogP contribution in [-0.4, -0.2) is 29.5 Å². The minimum atomic E-state index is -5.33. The molecule has 0 amide bonds. The number of aromatic carboxylic acids is 1. The highest BCUT2D eigenvalue weighted by atomic mass is 19.4. The van der Waals surface area contributed by atoms with Gasteiger partial charge in [0.25, 0.3) is 6.43 Å². The number of hydrogen-bond acceptors (Lipinski definition) is 4. The molecule has 0 aliphatic heterocycles. The van der Waals surface area contributed by atoms with Crippen molar-refractivity contribution in [3.63, 3.8) is 0 Å². The molecular weight excluding hydrogens is 281 g/mol. The van der Waals surface area contributed by atoms with Gasteiger partial charge in [-0.2, -0.15) is 0 Å². The van der Waals surface area contributed by atoms with E-state index < -0.39 is 41.5 Å². The summed E-state index contributed by atoms with van der Waals surface area (Å²) in [4.78, 5) is 13.9. The zero-order valence-electron chi connectivity index (χ0n) is 9.16. The lowest BCUT2D eigenvalue weighted by atomic mass is 10.1. The van der Waals surface area contributed by atoms with Gasteiger partial charge >= 0.3 is 12.3 Å². The van der Waals surface area contributed by atoms with Crippen LogP contribution in [0, 0.1) is 0 Å². The number of ether oxygens (including phenoxy) is 2. The molecule has 0 fully saturated rings. The highest BCUT2D eigenvalue weighted by molar-refractivity contribution is 5.91. The Morgan fingerprint density at radius 3 is 2.37 bits per heavy atom. The first-order chi connectivity index (χ1) is 8.67. The smallest absolute Gasteiger partial charge is 0.481 e. The fraction of sp³-hybridized carbons (Fsp3) is 0.333. The molecule has 0 atom stereocenters. The molecular formula is C9H6F5NO4. The van der Waals surface area contributed by atoms with Crippen LogP contribution in [0.1, 0.15) is 22.3 Å². The van der Waals surface area contributed by atoms with E-state index in [1.54, 1.807) is 0 Å². The van der Waals surface area contributed by atoms with Crippen LogP contribution in [0.2, 0.25) is 0 Å². The maximum Gasteiger partial charge on any atom is 0.573 e. The van der Waals surface area contributed by atoms with E-state index in [2.05, 4.69) is 14.5 Å². The summed E-state index contributed by atoms with van der Waals surface area (Å²) in [7, 11) is 0.895. The quantitative estimate of drug-likeness (QED) is 0.862. The van der Waals surface area contributed by atoms with Gasteiger partial charge in [-0.05, 0) is 0 Å². The molecule has 10 heteroatoms. The molecule has 0 bridgehead atoms. The first-order valence-corrected chi connectivity index (χ1v) is 4.51. The van der Waals surface area contributed by atoms with Gasteiger partial charge in [0, 0.05) is 6.20 Å². The first kappa shape index (κ1) is 14.9. The van der Waals surface area contributed by atoms with Gasteiger partial charge in [-0.15, -0.1) is 13.2 Å². The lowest BCUT2D eigenvalue weighted by Crippen LogP contribution is -2.21. The van der Waals surface area contributed by atoms with Gasteiger partial charge < -0.3 is 14.6 Å². The van der Waals surface area contributed by atoms with Crippen molar-refractivity contribution in [2.24, 2.45) is 0 Å². The molecule has 0 saturated heterocycles. The molecule has 19 heavy (non-hydrogen) atoms. The van der Waals surface area contributed by atoms with Crippen molar-refractivity contribution in [3.8, 4) is 11.6 Å². The Balaban J connectivity index is 3.53. The Morgan fingerprint density at radius 2 is 2.00 bits per heavy atom. The first-order valence-electron chi connectivity index (χ1n) is 4.51. The van der Waals surface area contributed by atoms with Gasteiger partial charge in [-0.1, -0.05) is 0 Å². The molecule has 0 aliphatic carbocycles. The monoisotopic (exact) mass is 287 g/mol. The van der Waals surface area contributed by atoms with Crippen molar-refractivity contribution in [2.75, 3.05) is 7.11 Å². The van der Waals surface area contributed by atoms with Crippen molar-refractivity contribution in [1.29, 1.82) is 0 Å². The molecule has 0 radical (unpaired) electrons. The summed E-state index contributed by atoms with van der Waals surface area (Å²) in [5.74, 6) is -4.28. The largest absolute Gasteiger partial charge is 0.573 e. The van der Waals surface area contributed by atoms with Crippen LogP contribution in [0.4, 0.5) is 22.0 Å². The fourth-order valence-corrected chi connectivity index (χ4v) is 1.23. The van der Waals surface area contributed by atoms with Crippen LogP contribution >= 0.6 is 0 Å². The van der Waals surface area contributed by atoms with Gasteiger partial charge in [-0.3, -0.25) is 0 Å². The predicted octanol–water partition coefficient (Wildman–Crippen LogP) is 2.62. The standard InChI is InChI=1S/C9H6F5NO4/c1-18-7-4(6(10)11)5(19-9(12,13)14)3(2-15-7)8(16)17/h2,6H,1H3,(H,16,17). The summed E-state index contributed by atoms with van der Waals surface area (Å²) in [6.45, 7) is 0. The number of carbonyl (C=O) groups is 1. The number of nitrogens with zero attached hydrogens (tertiary/aromatic N) is 1. The predicted molar refractivity (Wildman–Crippen MR) is 49.4 cm³/mol. The average molecular weight is 287 g/mol. The molecule has 0 spiro atoms. The van der Waals surface area contributed by atoms with Gasteiger partial charge in [-0.25, -0.2) is 18.6 Å². The van der Waals surface area contributed by atoms with Crippen LogP contribution in [0.25, 0.3) is 0 Å². The second-order valence-electron chi connectivity index (χ2n) is 3.08. The maximum atomic E-state index is 12.7. The van der Waals surface area contributed by atoms with Gasteiger partial charge in [0.15, 0.2) is 5.75 Å². The second-order valence-corrected chi connectivity index (χ2v) is 3.08. The third-order valence-corrected chi connectivity index (χ3v) is 1.89. The van der Waals surface area contributed by atoms with Crippen LogP contribution in [0.5, 0.6) is 11.6 Å². The van der Waals surface area contributed by atoms with E-state index in [4.69, 9.17) is 5.11 Å². The van der Waals surface area contributed by atoms with Crippen molar-refractivity contribution < 1.29 is 41.3 Å². The number of halogens is 5. The number of hydrogen-bond donors (Lipinski definition) is 1. The topological polar surface area (TPSA) is 68.7 Å². The van der Waals surface area contributed by atoms with Crippen LogP contribution < -0.4 is 9.47 Å². The van der Waals surface area contributed by atoms with Gasteiger partial charge in [0.1, 0.15) is 11.1 Å². The molecule has 106 valence electrons. The van der Waals surface area contributed by atoms with E-state index in [-0.39, 0.29) is 0 Å². The van der Waals surface area contributed by atoms with Crippen molar-refractivity contribution in [2.45, 2.75) is 12.8 Å². The SMILES string of the molecule is COc1ncc(C(=O)O)c(OC(F)(F)F)c1C(F)F. The average Bonchev–Trinajstić information content (AvgIpc) is 2.25. The molecule has 0 saturated carbocycles. The molecule has 1 rings (SSSR count). The summed E-state index contributed by atoms with van der Waals surface area (Å²) in [5, 5.41) is 8.66. The summed E-state index contributed by atoms with van der Waals surface area (Å²) < 4.78 is 69.6. The zero-order chi connectivity index (χ0) is 14.8. The van der Waals surface area contributed by atoms with Gasteiger partial charge in [0.05, 0.1) is 7.11 Å². The van der Waals surface area contributed by atoms with Crippen LogP contribution in [0.3, 0.4) is 0 Å². The molecule has 5 nitrogen and oxygen atoms in total.